The van der Waals surface area contributed by atoms with E-state index in [9.17, 15) is 4.79 Å². The molecule has 3 heteroatoms. The van der Waals surface area contributed by atoms with E-state index in [-0.39, 0.29) is 11.9 Å². The van der Waals surface area contributed by atoms with Gasteiger partial charge in [-0.3, -0.25) is 4.79 Å². The number of carbonyl (C=O) groups is 1. The lowest BCUT2D eigenvalue weighted by Gasteiger charge is -2.17. The van der Waals surface area contributed by atoms with Gasteiger partial charge in [0.15, 0.2) is 0 Å². The summed E-state index contributed by atoms with van der Waals surface area (Å²) < 4.78 is 0. The minimum Gasteiger partial charge on any atom is -0.344 e. The molecule has 1 amide bonds. The van der Waals surface area contributed by atoms with Crippen molar-refractivity contribution < 1.29 is 4.79 Å². The van der Waals surface area contributed by atoms with Crippen LogP contribution in [-0.2, 0) is 0 Å². The van der Waals surface area contributed by atoms with Gasteiger partial charge in [-0.05, 0) is 31.5 Å². The van der Waals surface area contributed by atoms with Crippen LogP contribution in [0.25, 0.3) is 0 Å². The molecule has 0 spiro atoms. The molecule has 2 rings (SSSR count). The van der Waals surface area contributed by atoms with Crippen molar-refractivity contribution in [2.24, 2.45) is 5.73 Å². The Morgan fingerprint density at radius 1 is 1.10 bits per heavy atom. The lowest BCUT2D eigenvalue weighted by atomic mass is 10.0. The highest BCUT2D eigenvalue weighted by atomic mass is 16.1. The molecule has 0 heterocycles. The zero-order valence-electron chi connectivity index (χ0n) is 11.9. The molecule has 2 aromatic carbocycles. The van der Waals surface area contributed by atoms with Crippen LogP contribution in [0.5, 0.6) is 0 Å². The van der Waals surface area contributed by atoms with Crippen molar-refractivity contribution in [2.75, 3.05) is 6.54 Å². The maximum atomic E-state index is 12.3. The van der Waals surface area contributed by atoms with Gasteiger partial charge in [-0.2, -0.15) is 0 Å². The maximum Gasteiger partial charge on any atom is 0.251 e. The predicted molar refractivity (Wildman–Crippen MR) is 81.6 cm³/mol. The van der Waals surface area contributed by atoms with Crippen molar-refractivity contribution in [1.29, 1.82) is 0 Å². The van der Waals surface area contributed by atoms with Crippen LogP contribution < -0.4 is 11.1 Å². The van der Waals surface area contributed by atoms with E-state index in [0.29, 0.717) is 12.1 Å². The number of rotatable bonds is 4. The molecular weight excluding hydrogens is 248 g/mol. The van der Waals surface area contributed by atoms with Gasteiger partial charge < -0.3 is 11.1 Å². The molecule has 0 aliphatic heterocycles. The van der Waals surface area contributed by atoms with Gasteiger partial charge in [-0.1, -0.05) is 47.5 Å². The third-order valence-corrected chi connectivity index (χ3v) is 3.23. The van der Waals surface area contributed by atoms with Crippen LogP contribution in [0.4, 0.5) is 0 Å². The lowest BCUT2D eigenvalue weighted by Crippen LogP contribution is -2.33. The first-order valence-electron chi connectivity index (χ1n) is 6.74. The van der Waals surface area contributed by atoms with E-state index >= 15 is 0 Å². The number of carbonyl (C=O) groups excluding carboxylic acids is 1. The summed E-state index contributed by atoms with van der Waals surface area (Å²) in [5, 5.41) is 2.99. The third-order valence-electron chi connectivity index (χ3n) is 3.23. The molecule has 3 N–H and O–H groups in total. The van der Waals surface area contributed by atoms with E-state index in [1.54, 1.807) is 0 Å². The van der Waals surface area contributed by atoms with Gasteiger partial charge in [0.1, 0.15) is 0 Å². The Hall–Kier alpha value is -2.13. The first-order chi connectivity index (χ1) is 9.60. The van der Waals surface area contributed by atoms with Gasteiger partial charge in [0, 0.05) is 12.1 Å². The van der Waals surface area contributed by atoms with Crippen molar-refractivity contribution in [3.63, 3.8) is 0 Å². The van der Waals surface area contributed by atoms with Gasteiger partial charge in [-0.15, -0.1) is 0 Å². The highest BCUT2D eigenvalue weighted by Gasteiger charge is 2.14. The fourth-order valence-corrected chi connectivity index (χ4v) is 2.31. The fraction of sp³-hybridized carbons (Fsp3) is 0.235. The number of benzene rings is 2. The number of nitrogens with two attached hydrogens (primary N) is 1. The van der Waals surface area contributed by atoms with Gasteiger partial charge in [0.2, 0.25) is 0 Å². The highest BCUT2D eigenvalue weighted by molar-refractivity contribution is 5.94. The molecule has 0 aliphatic carbocycles. The number of aryl methyl sites for hydroxylation is 2. The summed E-state index contributed by atoms with van der Waals surface area (Å²) in [5.74, 6) is -0.0869. The minimum absolute atomic E-state index is 0.0869. The van der Waals surface area contributed by atoms with Gasteiger partial charge in [0.25, 0.3) is 5.91 Å². The number of amides is 1. The Morgan fingerprint density at radius 2 is 1.70 bits per heavy atom. The molecule has 0 saturated carbocycles. The zero-order valence-corrected chi connectivity index (χ0v) is 11.9. The Labute approximate surface area is 119 Å². The molecule has 0 bridgehead atoms. The summed E-state index contributed by atoms with van der Waals surface area (Å²) in [5.41, 5.74) is 9.64. The molecule has 0 aliphatic rings. The second kappa shape index (κ2) is 6.35. The minimum atomic E-state index is -0.162. The normalized spacial score (nSPS) is 11.9. The average Bonchev–Trinajstić information content (AvgIpc) is 2.44. The highest BCUT2D eigenvalue weighted by Crippen LogP contribution is 2.14. The van der Waals surface area contributed by atoms with Crippen LogP contribution >= 0.6 is 0 Å². The number of hydrogen-bond donors (Lipinski definition) is 2. The third kappa shape index (κ3) is 3.45. The largest absolute Gasteiger partial charge is 0.344 e. The van der Waals surface area contributed by atoms with Crippen molar-refractivity contribution >= 4 is 5.91 Å². The monoisotopic (exact) mass is 268 g/mol. The van der Waals surface area contributed by atoms with Crippen molar-refractivity contribution in [1.82, 2.24) is 5.32 Å². The van der Waals surface area contributed by atoms with Crippen LogP contribution in [-0.4, -0.2) is 12.5 Å². The molecule has 0 fully saturated rings. The summed E-state index contributed by atoms with van der Waals surface area (Å²) in [4.78, 5) is 12.3. The molecular formula is C17H20N2O. The fourth-order valence-electron chi connectivity index (χ4n) is 2.31. The predicted octanol–water partition coefficient (Wildman–Crippen LogP) is 2.73. The van der Waals surface area contributed by atoms with E-state index in [2.05, 4.69) is 5.32 Å². The lowest BCUT2D eigenvalue weighted by molar-refractivity contribution is 0.0937. The summed E-state index contributed by atoms with van der Waals surface area (Å²) in [7, 11) is 0. The van der Waals surface area contributed by atoms with E-state index < -0.39 is 0 Å². The second-order valence-corrected chi connectivity index (χ2v) is 5.05. The molecule has 0 aromatic heterocycles. The molecule has 1 unspecified atom stereocenters. The van der Waals surface area contributed by atoms with E-state index in [1.807, 2.05) is 62.4 Å². The van der Waals surface area contributed by atoms with Crippen molar-refractivity contribution in [3.8, 4) is 0 Å². The zero-order chi connectivity index (χ0) is 14.5. The molecule has 104 valence electrons. The Kier molecular flexibility index (Phi) is 4.53. The molecule has 2 aromatic rings. The van der Waals surface area contributed by atoms with E-state index in [0.717, 1.165) is 16.7 Å². The van der Waals surface area contributed by atoms with Crippen molar-refractivity contribution in [3.05, 3.63) is 70.8 Å². The topological polar surface area (TPSA) is 55.1 Å². The smallest absolute Gasteiger partial charge is 0.251 e. The van der Waals surface area contributed by atoms with Gasteiger partial charge >= 0.3 is 0 Å². The van der Waals surface area contributed by atoms with Crippen LogP contribution in [0.15, 0.2) is 48.5 Å². The molecule has 0 saturated heterocycles. The Balaban J connectivity index is 2.17. The summed E-state index contributed by atoms with van der Waals surface area (Å²) in [6.07, 6.45) is 0. The first kappa shape index (κ1) is 14.3. The van der Waals surface area contributed by atoms with Crippen molar-refractivity contribution in [2.45, 2.75) is 19.9 Å². The summed E-state index contributed by atoms with van der Waals surface area (Å²) in [6, 6.07) is 15.4. The second-order valence-electron chi connectivity index (χ2n) is 5.05. The van der Waals surface area contributed by atoms with E-state index in [1.165, 1.54) is 0 Å². The molecule has 20 heavy (non-hydrogen) atoms. The first-order valence-corrected chi connectivity index (χ1v) is 6.74. The van der Waals surface area contributed by atoms with Crippen LogP contribution in [0, 0.1) is 13.8 Å². The Morgan fingerprint density at radius 3 is 2.25 bits per heavy atom. The number of nitrogens with one attached hydrogen (secondary N) is 1. The van der Waals surface area contributed by atoms with Crippen LogP contribution in [0.1, 0.15) is 33.1 Å². The van der Waals surface area contributed by atoms with Gasteiger partial charge in [0.05, 0.1) is 6.04 Å². The quantitative estimate of drug-likeness (QED) is 0.895. The average molecular weight is 268 g/mol. The van der Waals surface area contributed by atoms with Crippen LogP contribution in [0.2, 0.25) is 0 Å². The van der Waals surface area contributed by atoms with Crippen LogP contribution in [0.3, 0.4) is 0 Å². The molecule has 0 radical (unpaired) electrons. The van der Waals surface area contributed by atoms with Gasteiger partial charge in [-0.25, -0.2) is 0 Å². The summed E-state index contributed by atoms with van der Waals surface area (Å²) >= 11 is 0. The molecule has 3 nitrogen and oxygen atoms in total. The SMILES string of the molecule is Cc1cc(C)cc(C(=O)NC(CN)c2ccccc2)c1. The standard InChI is InChI=1S/C17H20N2O/c1-12-8-13(2)10-15(9-12)17(20)19-16(11-18)14-6-4-3-5-7-14/h3-10,16H,11,18H2,1-2H3,(H,19,20). The maximum absolute atomic E-state index is 12.3. The Bertz CT molecular complexity index is 573. The summed E-state index contributed by atoms with van der Waals surface area (Å²) in [6.45, 7) is 4.35. The molecule has 1 atom stereocenters. The number of hydrogen-bond acceptors (Lipinski definition) is 2. The van der Waals surface area contributed by atoms with E-state index in [4.69, 9.17) is 5.73 Å².